The van der Waals surface area contributed by atoms with Crippen LogP contribution in [0.5, 0.6) is 11.5 Å². The number of carbonyl (C=O) groups is 1. The molecule has 2 N–H and O–H groups in total. The van der Waals surface area contributed by atoms with Gasteiger partial charge in [0.15, 0.2) is 17.2 Å². The van der Waals surface area contributed by atoms with E-state index in [2.05, 4.69) is 15.5 Å². The van der Waals surface area contributed by atoms with E-state index >= 15 is 0 Å². The van der Waals surface area contributed by atoms with Gasteiger partial charge in [0.2, 0.25) is 0 Å². The lowest BCUT2D eigenvalue weighted by molar-refractivity contribution is -0.113. The van der Waals surface area contributed by atoms with Crippen LogP contribution in [0, 0.1) is 0 Å². The number of anilines is 1. The van der Waals surface area contributed by atoms with Crippen LogP contribution in [-0.2, 0) is 4.79 Å². The van der Waals surface area contributed by atoms with E-state index in [-0.39, 0.29) is 11.5 Å². The number of para-hydroxylation sites is 2. The topological polar surface area (TPSA) is 92.5 Å². The molecule has 0 aliphatic heterocycles. The Morgan fingerprint density at radius 2 is 1.76 bits per heavy atom. The van der Waals surface area contributed by atoms with Crippen LogP contribution in [0.2, 0.25) is 0 Å². The smallest absolute Gasteiger partial charge is 0.279 e. The van der Waals surface area contributed by atoms with Gasteiger partial charge in [0.05, 0.1) is 14.2 Å². The van der Waals surface area contributed by atoms with Crippen LogP contribution < -0.4 is 14.8 Å². The standard InChI is InChI=1S/C18H19N3O4/c1-12(22)16(18(23)19-13-8-5-4-6-9-13)21-20-14-10-7-11-15(24-2)17(14)25-3/h4-11,22H,1-3H3,(H,19,23). The van der Waals surface area contributed by atoms with Crippen molar-refractivity contribution in [2.75, 3.05) is 19.5 Å². The van der Waals surface area contributed by atoms with Gasteiger partial charge in [-0.25, -0.2) is 0 Å². The molecule has 0 saturated heterocycles. The van der Waals surface area contributed by atoms with Gasteiger partial charge in [-0.3, -0.25) is 4.79 Å². The number of nitrogens with zero attached hydrogens (tertiary/aromatic N) is 2. The van der Waals surface area contributed by atoms with Crippen molar-refractivity contribution in [2.45, 2.75) is 6.92 Å². The maximum atomic E-state index is 12.3. The third kappa shape index (κ3) is 4.57. The first-order chi connectivity index (χ1) is 12.1. The highest BCUT2D eigenvalue weighted by atomic mass is 16.5. The average Bonchev–Trinajstić information content (AvgIpc) is 2.62. The molecule has 2 aromatic rings. The second-order valence-corrected chi connectivity index (χ2v) is 4.97. The molecule has 0 bridgehead atoms. The number of rotatable bonds is 6. The van der Waals surface area contributed by atoms with E-state index in [4.69, 9.17) is 9.47 Å². The van der Waals surface area contributed by atoms with E-state index in [1.54, 1.807) is 42.5 Å². The number of carbonyl (C=O) groups excluding carboxylic acids is 1. The number of azo groups is 1. The molecule has 0 spiro atoms. The molecule has 0 atom stereocenters. The second kappa shape index (κ2) is 8.49. The minimum atomic E-state index is -0.572. The lowest BCUT2D eigenvalue weighted by Crippen LogP contribution is -2.14. The zero-order valence-electron chi connectivity index (χ0n) is 14.2. The van der Waals surface area contributed by atoms with E-state index in [1.165, 1.54) is 21.1 Å². The van der Waals surface area contributed by atoms with Gasteiger partial charge in [0.25, 0.3) is 5.91 Å². The van der Waals surface area contributed by atoms with Crippen LogP contribution in [0.3, 0.4) is 0 Å². The number of benzene rings is 2. The number of hydrogen-bond acceptors (Lipinski definition) is 6. The Hall–Kier alpha value is -3.35. The summed E-state index contributed by atoms with van der Waals surface area (Å²) in [5, 5.41) is 20.3. The van der Waals surface area contributed by atoms with Gasteiger partial charge in [0, 0.05) is 5.69 Å². The van der Waals surface area contributed by atoms with E-state index in [0.29, 0.717) is 22.9 Å². The Bertz CT molecular complexity index is 797. The lowest BCUT2D eigenvalue weighted by atomic mass is 10.3. The van der Waals surface area contributed by atoms with Gasteiger partial charge >= 0.3 is 0 Å². The predicted octanol–water partition coefficient (Wildman–Crippen LogP) is 4.22. The van der Waals surface area contributed by atoms with Crippen molar-refractivity contribution in [3.63, 3.8) is 0 Å². The maximum Gasteiger partial charge on any atom is 0.279 e. The fraction of sp³-hybridized carbons (Fsp3) is 0.167. The van der Waals surface area contributed by atoms with Crippen molar-refractivity contribution >= 4 is 17.3 Å². The molecule has 130 valence electrons. The Morgan fingerprint density at radius 3 is 2.36 bits per heavy atom. The molecule has 0 radical (unpaired) electrons. The van der Waals surface area contributed by atoms with Gasteiger partial charge < -0.3 is 19.9 Å². The summed E-state index contributed by atoms with van der Waals surface area (Å²) in [7, 11) is 2.99. The van der Waals surface area contributed by atoms with Crippen molar-refractivity contribution in [3.8, 4) is 11.5 Å². The van der Waals surface area contributed by atoms with Crippen molar-refractivity contribution in [2.24, 2.45) is 10.2 Å². The Balaban J connectivity index is 2.27. The molecule has 1 amide bonds. The molecule has 0 aliphatic carbocycles. The number of allylic oxidation sites excluding steroid dienone is 1. The summed E-state index contributed by atoms with van der Waals surface area (Å²) in [5.41, 5.74) is 0.752. The first-order valence-electron chi connectivity index (χ1n) is 7.45. The Labute approximate surface area is 145 Å². The van der Waals surface area contributed by atoms with Crippen molar-refractivity contribution in [1.82, 2.24) is 0 Å². The summed E-state index contributed by atoms with van der Waals surface area (Å²) in [5.74, 6) is 0.0435. The van der Waals surface area contributed by atoms with Crippen LogP contribution in [-0.4, -0.2) is 25.2 Å². The van der Waals surface area contributed by atoms with Crippen LogP contribution in [0.15, 0.2) is 70.2 Å². The van der Waals surface area contributed by atoms with Crippen molar-refractivity contribution in [1.29, 1.82) is 0 Å². The summed E-state index contributed by atoms with van der Waals surface area (Å²) in [6.07, 6.45) is 0. The molecule has 2 aromatic carbocycles. The highest BCUT2D eigenvalue weighted by Crippen LogP contribution is 2.37. The molecular formula is C18H19N3O4. The van der Waals surface area contributed by atoms with Gasteiger partial charge in [-0.15, -0.1) is 10.2 Å². The van der Waals surface area contributed by atoms with Crippen LogP contribution in [0.1, 0.15) is 6.92 Å². The average molecular weight is 341 g/mol. The summed E-state index contributed by atoms with van der Waals surface area (Å²) >= 11 is 0. The molecule has 2 rings (SSSR count). The minimum absolute atomic E-state index is 0.200. The summed E-state index contributed by atoms with van der Waals surface area (Å²) in [6.45, 7) is 1.36. The normalized spacial score (nSPS) is 11.8. The quantitative estimate of drug-likeness (QED) is 0.467. The molecule has 0 unspecified atom stereocenters. The second-order valence-electron chi connectivity index (χ2n) is 4.97. The zero-order chi connectivity index (χ0) is 18.2. The van der Waals surface area contributed by atoms with E-state index in [0.717, 1.165) is 0 Å². The lowest BCUT2D eigenvalue weighted by Gasteiger charge is -2.09. The molecule has 0 saturated carbocycles. The van der Waals surface area contributed by atoms with Gasteiger partial charge in [0.1, 0.15) is 11.4 Å². The fourth-order valence-electron chi connectivity index (χ4n) is 2.05. The van der Waals surface area contributed by atoms with E-state index in [1.807, 2.05) is 6.07 Å². The number of ether oxygens (including phenoxy) is 2. The third-order valence-corrected chi connectivity index (χ3v) is 3.23. The number of amides is 1. The Morgan fingerprint density at radius 1 is 1.04 bits per heavy atom. The Kier molecular flexibility index (Phi) is 6.11. The molecule has 0 aromatic heterocycles. The maximum absolute atomic E-state index is 12.3. The first kappa shape index (κ1) is 18.0. The number of aliphatic hydroxyl groups is 1. The summed E-state index contributed by atoms with van der Waals surface area (Å²) in [4.78, 5) is 12.3. The highest BCUT2D eigenvalue weighted by Gasteiger charge is 2.14. The fourth-order valence-corrected chi connectivity index (χ4v) is 2.05. The molecule has 0 aliphatic rings. The highest BCUT2D eigenvalue weighted by molar-refractivity contribution is 6.03. The van der Waals surface area contributed by atoms with E-state index < -0.39 is 5.91 Å². The molecule has 0 fully saturated rings. The van der Waals surface area contributed by atoms with Crippen LogP contribution >= 0.6 is 0 Å². The monoisotopic (exact) mass is 341 g/mol. The van der Waals surface area contributed by atoms with Crippen molar-refractivity contribution < 1.29 is 19.4 Å². The van der Waals surface area contributed by atoms with Crippen LogP contribution in [0.25, 0.3) is 0 Å². The number of hydrogen-bond donors (Lipinski definition) is 2. The predicted molar refractivity (Wildman–Crippen MR) is 94.5 cm³/mol. The number of methoxy groups -OCH3 is 2. The number of nitrogens with one attached hydrogen (secondary N) is 1. The summed E-state index contributed by atoms with van der Waals surface area (Å²) < 4.78 is 10.4. The van der Waals surface area contributed by atoms with Crippen molar-refractivity contribution in [3.05, 3.63) is 60.0 Å². The molecular weight excluding hydrogens is 322 g/mol. The van der Waals surface area contributed by atoms with Gasteiger partial charge in [-0.1, -0.05) is 24.3 Å². The molecule has 7 heteroatoms. The first-order valence-corrected chi connectivity index (χ1v) is 7.45. The van der Waals surface area contributed by atoms with Gasteiger partial charge in [-0.2, -0.15) is 0 Å². The summed E-state index contributed by atoms with van der Waals surface area (Å²) in [6, 6.07) is 13.9. The zero-order valence-corrected chi connectivity index (χ0v) is 14.2. The molecule has 7 nitrogen and oxygen atoms in total. The molecule has 0 heterocycles. The molecule has 25 heavy (non-hydrogen) atoms. The van der Waals surface area contributed by atoms with Gasteiger partial charge in [-0.05, 0) is 31.2 Å². The number of aliphatic hydroxyl groups excluding tert-OH is 1. The largest absolute Gasteiger partial charge is 0.510 e. The minimum Gasteiger partial charge on any atom is -0.510 e. The van der Waals surface area contributed by atoms with E-state index in [9.17, 15) is 9.90 Å². The third-order valence-electron chi connectivity index (χ3n) is 3.23. The van der Waals surface area contributed by atoms with Crippen LogP contribution in [0.4, 0.5) is 11.4 Å². The SMILES string of the molecule is COc1cccc(N=NC(C(=O)Nc2ccccc2)=C(C)O)c1OC.